The molecule has 0 saturated heterocycles. The maximum atomic E-state index is 13.3. The summed E-state index contributed by atoms with van der Waals surface area (Å²) in [5, 5.41) is 14.3. The van der Waals surface area contributed by atoms with Gasteiger partial charge in [0.15, 0.2) is 0 Å². The number of carboxylic acids is 1. The van der Waals surface area contributed by atoms with E-state index in [-0.39, 0.29) is 18.9 Å². The number of hydrogen-bond donors (Lipinski definition) is 3. The molecule has 0 heterocycles. The molecule has 0 fully saturated rings. The minimum Gasteiger partial charge on any atom is -0.480 e. The van der Waals surface area contributed by atoms with E-state index in [0.717, 1.165) is 4.47 Å². The van der Waals surface area contributed by atoms with Gasteiger partial charge in [-0.2, -0.15) is 0 Å². The number of likely N-dealkylation sites (N-methyl/N-ethyl adjacent to an activating group) is 1. The summed E-state index contributed by atoms with van der Waals surface area (Å²) in [6, 6.07) is 3.97. The van der Waals surface area contributed by atoms with Gasteiger partial charge < -0.3 is 15.7 Å². The van der Waals surface area contributed by atoms with Gasteiger partial charge in [0, 0.05) is 23.1 Å². The van der Waals surface area contributed by atoms with Crippen molar-refractivity contribution >= 4 is 21.9 Å². The molecule has 0 saturated carbocycles. The molecule has 1 unspecified atom stereocenters. The molecular weight excluding hydrogens is 291 g/mol. The Hall–Kier alpha value is -0.980. The second kappa shape index (κ2) is 6.68. The lowest BCUT2D eigenvalue weighted by Gasteiger charge is -2.12. The van der Waals surface area contributed by atoms with Gasteiger partial charge in [0.05, 0.1) is 0 Å². The van der Waals surface area contributed by atoms with Crippen LogP contribution in [0.5, 0.6) is 0 Å². The Labute approximate surface area is 107 Å². The molecule has 0 aliphatic heterocycles. The van der Waals surface area contributed by atoms with E-state index in [1.165, 1.54) is 6.07 Å². The highest BCUT2D eigenvalue weighted by atomic mass is 79.9. The normalized spacial score (nSPS) is 12.4. The fourth-order valence-corrected chi connectivity index (χ4v) is 1.75. The van der Waals surface area contributed by atoms with Crippen LogP contribution in [0.15, 0.2) is 22.7 Å². The van der Waals surface area contributed by atoms with Crippen LogP contribution in [0.4, 0.5) is 4.39 Å². The van der Waals surface area contributed by atoms with Crippen molar-refractivity contribution in [2.45, 2.75) is 12.6 Å². The van der Waals surface area contributed by atoms with Gasteiger partial charge >= 0.3 is 5.97 Å². The van der Waals surface area contributed by atoms with Gasteiger partial charge in [0.1, 0.15) is 11.9 Å². The molecule has 1 rings (SSSR count). The van der Waals surface area contributed by atoms with Gasteiger partial charge in [-0.25, -0.2) is 4.39 Å². The van der Waals surface area contributed by atoms with E-state index < -0.39 is 12.0 Å². The minimum absolute atomic E-state index is 0.234. The van der Waals surface area contributed by atoms with E-state index in [9.17, 15) is 9.18 Å². The average molecular weight is 305 g/mol. The van der Waals surface area contributed by atoms with Crippen molar-refractivity contribution in [3.8, 4) is 0 Å². The molecule has 0 amide bonds. The smallest absolute Gasteiger partial charge is 0.322 e. The predicted octanol–water partition coefficient (Wildman–Crippen LogP) is 1.35. The Morgan fingerprint density at radius 1 is 1.59 bits per heavy atom. The maximum Gasteiger partial charge on any atom is 0.322 e. The Morgan fingerprint density at radius 2 is 2.29 bits per heavy atom. The molecule has 3 N–H and O–H groups in total. The molecule has 1 atom stereocenters. The lowest BCUT2D eigenvalue weighted by molar-refractivity contribution is -0.139. The number of hydrogen-bond acceptors (Lipinski definition) is 3. The molecule has 6 heteroatoms. The molecule has 0 aromatic heterocycles. The Bertz CT molecular complexity index is 401. The second-order valence-corrected chi connectivity index (χ2v) is 4.46. The number of nitrogens with one attached hydrogen (secondary N) is 2. The quantitative estimate of drug-likeness (QED) is 0.742. The van der Waals surface area contributed by atoms with Gasteiger partial charge in [0.2, 0.25) is 0 Å². The largest absolute Gasteiger partial charge is 0.480 e. The molecule has 0 bridgehead atoms. The summed E-state index contributed by atoms with van der Waals surface area (Å²) in [5.74, 6) is -1.24. The van der Waals surface area contributed by atoms with Crippen molar-refractivity contribution in [2.75, 3.05) is 13.6 Å². The summed E-state index contributed by atoms with van der Waals surface area (Å²) in [4.78, 5) is 10.7. The molecule has 0 aliphatic carbocycles. The van der Waals surface area contributed by atoms with Gasteiger partial charge in [0.25, 0.3) is 0 Å². The van der Waals surface area contributed by atoms with Crippen molar-refractivity contribution in [3.05, 3.63) is 34.1 Å². The highest BCUT2D eigenvalue weighted by Gasteiger charge is 2.13. The minimum atomic E-state index is -0.935. The monoisotopic (exact) mass is 304 g/mol. The van der Waals surface area contributed by atoms with Crippen LogP contribution < -0.4 is 10.6 Å². The third-order valence-electron chi connectivity index (χ3n) is 2.32. The van der Waals surface area contributed by atoms with Crippen LogP contribution in [-0.4, -0.2) is 30.7 Å². The van der Waals surface area contributed by atoms with E-state index in [1.807, 2.05) is 0 Å². The van der Waals surface area contributed by atoms with Crippen molar-refractivity contribution < 1.29 is 14.3 Å². The molecule has 94 valence electrons. The first-order valence-corrected chi connectivity index (χ1v) is 5.88. The van der Waals surface area contributed by atoms with Crippen LogP contribution in [0.2, 0.25) is 0 Å². The zero-order chi connectivity index (χ0) is 12.8. The number of aliphatic carboxylic acids is 1. The van der Waals surface area contributed by atoms with E-state index in [4.69, 9.17) is 5.11 Å². The molecule has 1 aromatic carbocycles. The average Bonchev–Trinajstić information content (AvgIpc) is 2.28. The number of rotatable bonds is 6. The molecule has 17 heavy (non-hydrogen) atoms. The summed E-state index contributed by atoms with van der Waals surface area (Å²) >= 11 is 3.25. The van der Waals surface area contributed by atoms with Crippen LogP contribution >= 0.6 is 15.9 Å². The SMILES string of the molecule is CNC(CNCc1cc(Br)ccc1F)C(=O)O. The van der Waals surface area contributed by atoms with E-state index in [0.29, 0.717) is 5.56 Å². The number of carboxylic acid groups (broad SMARTS) is 1. The lowest BCUT2D eigenvalue weighted by Crippen LogP contribution is -2.42. The van der Waals surface area contributed by atoms with Crippen LogP contribution in [0, 0.1) is 5.82 Å². The van der Waals surface area contributed by atoms with E-state index in [2.05, 4.69) is 26.6 Å². The zero-order valence-electron chi connectivity index (χ0n) is 9.34. The maximum absolute atomic E-state index is 13.3. The second-order valence-electron chi connectivity index (χ2n) is 3.55. The fraction of sp³-hybridized carbons (Fsp3) is 0.364. The molecule has 1 aromatic rings. The van der Waals surface area contributed by atoms with E-state index >= 15 is 0 Å². The lowest BCUT2D eigenvalue weighted by atomic mass is 10.2. The fourth-order valence-electron chi connectivity index (χ4n) is 1.34. The zero-order valence-corrected chi connectivity index (χ0v) is 10.9. The van der Waals surface area contributed by atoms with Crippen LogP contribution in [0.25, 0.3) is 0 Å². The Morgan fingerprint density at radius 3 is 2.88 bits per heavy atom. The van der Waals surface area contributed by atoms with Crippen molar-refractivity contribution in [3.63, 3.8) is 0 Å². The highest BCUT2D eigenvalue weighted by molar-refractivity contribution is 9.10. The molecule has 0 radical (unpaired) electrons. The van der Waals surface area contributed by atoms with Crippen LogP contribution in [-0.2, 0) is 11.3 Å². The van der Waals surface area contributed by atoms with Gasteiger partial charge in [-0.15, -0.1) is 0 Å². The number of halogens is 2. The highest BCUT2D eigenvalue weighted by Crippen LogP contribution is 2.15. The first-order valence-electron chi connectivity index (χ1n) is 5.09. The third-order valence-corrected chi connectivity index (χ3v) is 2.81. The van der Waals surface area contributed by atoms with E-state index in [1.54, 1.807) is 19.2 Å². The number of benzene rings is 1. The van der Waals surface area contributed by atoms with Crippen LogP contribution in [0.1, 0.15) is 5.56 Å². The van der Waals surface area contributed by atoms with Gasteiger partial charge in [-0.05, 0) is 25.2 Å². The molecular formula is C11H14BrFN2O2. The molecule has 4 nitrogen and oxygen atoms in total. The van der Waals surface area contributed by atoms with Crippen molar-refractivity contribution in [2.24, 2.45) is 0 Å². The summed E-state index contributed by atoms with van der Waals surface area (Å²) < 4.78 is 14.1. The topological polar surface area (TPSA) is 61.4 Å². The standard InChI is InChI=1S/C11H14BrFN2O2/c1-14-10(11(16)17)6-15-5-7-4-8(12)2-3-9(7)13/h2-4,10,14-15H,5-6H2,1H3,(H,16,17). The summed E-state index contributed by atoms with van der Waals surface area (Å²) in [6.45, 7) is 0.522. The third kappa shape index (κ3) is 4.41. The Balaban J connectivity index is 2.50. The predicted molar refractivity (Wildman–Crippen MR) is 66.3 cm³/mol. The first kappa shape index (κ1) is 14.1. The summed E-state index contributed by atoms with van der Waals surface area (Å²) in [5.41, 5.74) is 0.500. The molecule has 0 spiro atoms. The summed E-state index contributed by atoms with van der Waals surface area (Å²) in [7, 11) is 1.57. The first-order chi connectivity index (χ1) is 8.04. The van der Waals surface area contributed by atoms with Crippen molar-refractivity contribution in [1.82, 2.24) is 10.6 Å². The summed E-state index contributed by atoms with van der Waals surface area (Å²) in [6.07, 6.45) is 0. The van der Waals surface area contributed by atoms with Gasteiger partial charge in [-0.1, -0.05) is 15.9 Å². The Kier molecular flexibility index (Phi) is 5.54. The molecule has 0 aliphatic rings. The number of carbonyl (C=O) groups is 1. The van der Waals surface area contributed by atoms with Gasteiger partial charge in [-0.3, -0.25) is 4.79 Å². The van der Waals surface area contributed by atoms with Crippen molar-refractivity contribution in [1.29, 1.82) is 0 Å². The van der Waals surface area contributed by atoms with Crippen LogP contribution in [0.3, 0.4) is 0 Å².